The second-order valence-corrected chi connectivity index (χ2v) is 4.14. The van der Waals surface area contributed by atoms with Gasteiger partial charge in [-0.3, -0.25) is 5.41 Å². The molecule has 0 aliphatic heterocycles. The Morgan fingerprint density at radius 1 is 1.47 bits per heavy atom. The van der Waals surface area contributed by atoms with Gasteiger partial charge in [-0.25, -0.2) is 0 Å². The number of hydrogen-bond acceptors (Lipinski definition) is 1. The standard InChI is InChI=1S/C11H16ClN5/c1-7(8-4-3-5-9(12)6-8)17(2)11(15)16-10(13)14/h3-7H,1-2H3,(H5,13,14,15,16). The highest BCUT2D eigenvalue weighted by atomic mass is 35.5. The van der Waals surface area contributed by atoms with Crippen LogP contribution in [0.5, 0.6) is 0 Å². The van der Waals surface area contributed by atoms with Gasteiger partial charge in [-0.15, -0.1) is 0 Å². The second-order valence-electron chi connectivity index (χ2n) is 3.70. The van der Waals surface area contributed by atoms with Crippen LogP contribution in [0.4, 0.5) is 0 Å². The number of halogens is 1. The fourth-order valence-corrected chi connectivity index (χ4v) is 1.57. The van der Waals surface area contributed by atoms with Gasteiger partial charge in [0.05, 0.1) is 6.04 Å². The zero-order chi connectivity index (χ0) is 13.0. The van der Waals surface area contributed by atoms with Crippen molar-refractivity contribution < 1.29 is 0 Å². The summed E-state index contributed by atoms with van der Waals surface area (Å²) < 4.78 is 0. The molecule has 0 bridgehead atoms. The minimum Gasteiger partial charge on any atom is -0.370 e. The second kappa shape index (κ2) is 5.54. The highest BCUT2D eigenvalue weighted by Gasteiger charge is 2.14. The van der Waals surface area contributed by atoms with Crippen LogP contribution >= 0.6 is 11.6 Å². The van der Waals surface area contributed by atoms with E-state index in [4.69, 9.17) is 28.5 Å². The molecule has 0 heterocycles. The number of nitrogens with zero attached hydrogens (tertiary/aromatic N) is 2. The molecule has 0 saturated heterocycles. The van der Waals surface area contributed by atoms with E-state index in [0.717, 1.165) is 5.56 Å². The van der Waals surface area contributed by atoms with Crippen LogP contribution in [0.25, 0.3) is 0 Å². The monoisotopic (exact) mass is 253 g/mol. The molecular formula is C11H16ClN5. The zero-order valence-corrected chi connectivity index (χ0v) is 10.6. The van der Waals surface area contributed by atoms with Gasteiger partial charge in [0.2, 0.25) is 5.96 Å². The van der Waals surface area contributed by atoms with E-state index in [1.807, 2.05) is 25.1 Å². The lowest BCUT2D eigenvalue weighted by Crippen LogP contribution is -2.32. The average molecular weight is 254 g/mol. The van der Waals surface area contributed by atoms with Crippen molar-refractivity contribution in [1.29, 1.82) is 5.41 Å². The van der Waals surface area contributed by atoms with Crippen LogP contribution in [-0.2, 0) is 0 Å². The topological polar surface area (TPSA) is 91.5 Å². The summed E-state index contributed by atoms with van der Waals surface area (Å²) in [6.07, 6.45) is 0. The van der Waals surface area contributed by atoms with Crippen molar-refractivity contribution in [3.63, 3.8) is 0 Å². The van der Waals surface area contributed by atoms with E-state index in [1.54, 1.807) is 18.0 Å². The third-order valence-electron chi connectivity index (χ3n) is 2.48. The minimum atomic E-state index is -0.125. The molecule has 1 atom stereocenters. The van der Waals surface area contributed by atoms with Gasteiger partial charge >= 0.3 is 0 Å². The first-order chi connectivity index (χ1) is 7.91. The average Bonchev–Trinajstić information content (AvgIpc) is 2.26. The first-order valence-electron chi connectivity index (χ1n) is 5.08. The van der Waals surface area contributed by atoms with Crippen LogP contribution in [-0.4, -0.2) is 23.9 Å². The van der Waals surface area contributed by atoms with Crippen molar-refractivity contribution in [3.8, 4) is 0 Å². The van der Waals surface area contributed by atoms with Crippen LogP contribution in [0.1, 0.15) is 18.5 Å². The van der Waals surface area contributed by atoms with E-state index in [9.17, 15) is 0 Å². The molecule has 17 heavy (non-hydrogen) atoms. The van der Waals surface area contributed by atoms with Gasteiger partial charge in [-0.05, 0) is 24.6 Å². The van der Waals surface area contributed by atoms with Gasteiger partial charge < -0.3 is 16.4 Å². The Morgan fingerprint density at radius 2 is 2.12 bits per heavy atom. The van der Waals surface area contributed by atoms with E-state index < -0.39 is 0 Å². The lowest BCUT2D eigenvalue weighted by Gasteiger charge is -2.25. The van der Waals surface area contributed by atoms with E-state index in [0.29, 0.717) is 5.02 Å². The molecule has 5 nitrogen and oxygen atoms in total. The normalized spacial score (nSPS) is 11.7. The van der Waals surface area contributed by atoms with Gasteiger partial charge in [-0.1, -0.05) is 23.7 Å². The lowest BCUT2D eigenvalue weighted by atomic mass is 10.1. The maximum atomic E-state index is 7.70. The Morgan fingerprint density at radius 3 is 2.65 bits per heavy atom. The summed E-state index contributed by atoms with van der Waals surface area (Å²) in [5.41, 5.74) is 11.5. The van der Waals surface area contributed by atoms with Crippen molar-refractivity contribution in [2.45, 2.75) is 13.0 Å². The predicted molar refractivity (Wildman–Crippen MR) is 71.2 cm³/mol. The maximum absolute atomic E-state index is 7.70. The molecule has 0 aromatic heterocycles. The van der Waals surface area contributed by atoms with Crippen molar-refractivity contribution in [3.05, 3.63) is 34.9 Å². The van der Waals surface area contributed by atoms with Crippen LogP contribution in [0.15, 0.2) is 29.3 Å². The molecular weight excluding hydrogens is 238 g/mol. The summed E-state index contributed by atoms with van der Waals surface area (Å²) in [7, 11) is 1.75. The largest absolute Gasteiger partial charge is 0.370 e. The lowest BCUT2D eigenvalue weighted by molar-refractivity contribution is 0.396. The van der Waals surface area contributed by atoms with Crippen molar-refractivity contribution in [1.82, 2.24) is 4.90 Å². The summed E-state index contributed by atoms with van der Waals surface area (Å²) in [5, 5.41) is 8.37. The first kappa shape index (κ1) is 13.3. The van der Waals surface area contributed by atoms with Gasteiger partial charge in [0.1, 0.15) is 0 Å². The molecule has 1 rings (SSSR count). The number of nitrogens with one attached hydrogen (secondary N) is 1. The van der Waals surface area contributed by atoms with Gasteiger partial charge in [0, 0.05) is 12.1 Å². The summed E-state index contributed by atoms with van der Waals surface area (Å²) in [4.78, 5) is 5.35. The van der Waals surface area contributed by atoms with E-state index in [1.165, 1.54) is 0 Å². The Hall–Kier alpha value is -1.75. The number of benzene rings is 1. The van der Waals surface area contributed by atoms with Crippen LogP contribution in [0.3, 0.4) is 0 Å². The number of nitrogens with two attached hydrogens (primary N) is 2. The number of guanidine groups is 2. The molecule has 0 fully saturated rings. The smallest absolute Gasteiger partial charge is 0.221 e. The molecule has 1 aromatic rings. The van der Waals surface area contributed by atoms with Crippen molar-refractivity contribution in [2.75, 3.05) is 7.05 Å². The van der Waals surface area contributed by atoms with Crippen molar-refractivity contribution in [2.24, 2.45) is 16.5 Å². The number of rotatable bonds is 2. The van der Waals surface area contributed by atoms with Crippen LogP contribution < -0.4 is 11.5 Å². The molecule has 0 radical (unpaired) electrons. The number of hydrogen-bond donors (Lipinski definition) is 3. The third kappa shape index (κ3) is 3.64. The fourth-order valence-electron chi connectivity index (χ4n) is 1.37. The van der Waals surface area contributed by atoms with Crippen LogP contribution in [0.2, 0.25) is 5.02 Å². The summed E-state index contributed by atoms with van der Waals surface area (Å²) in [6, 6.07) is 7.43. The Bertz CT molecular complexity index is 439. The molecule has 92 valence electrons. The molecule has 0 aliphatic carbocycles. The minimum absolute atomic E-state index is 0.0116. The van der Waals surface area contributed by atoms with E-state index >= 15 is 0 Å². The molecule has 6 heteroatoms. The molecule has 0 saturated carbocycles. The Kier molecular flexibility index (Phi) is 4.34. The highest BCUT2D eigenvalue weighted by Crippen LogP contribution is 2.21. The predicted octanol–water partition coefficient (Wildman–Crippen LogP) is 1.54. The molecule has 1 aromatic carbocycles. The maximum Gasteiger partial charge on any atom is 0.221 e. The van der Waals surface area contributed by atoms with Gasteiger partial charge in [0.15, 0.2) is 5.96 Å². The molecule has 0 amide bonds. The Labute approximate surface area is 106 Å². The van der Waals surface area contributed by atoms with E-state index in [2.05, 4.69) is 4.99 Å². The summed E-state index contributed by atoms with van der Waals surface area (Å²) in [5.74, 6) is -0.113. The first-order valence-corrected chi connectivity index (χ1v) is 5.46. The van der Waals surface area contributed by atoms with Crippen LogP contribution in [0, 0.1) is 5.41 Å². The molecule has 0 aliphatic rings. The van der Waals surface area contributed by atoms with Gasteiger partial charge in [-0.2, -0.15) is 4.99 Å². The molecule has 5 N–H and O–H groups in total. The number of aliphatic imine (C=N–C) groups is 1. The van der Waals surface area contributed by atoms with Gasteiger partial charge in [0.25, 0.3) is 0 Å². The third-order valence-corrected chi connectivity index (χ3v) is 2.72. The summed E-state index contributed by atoms with van der Waals surface area (Å²) in [6.45, 7) is 1.95. The molecule has 0 spiro atoms. The van der Waals surface area contributed by atoms with Crippen molar-refractivity contribution >= 4 is 23.5 Å². The van der Waals surface area contributed by atoms with E-state index in [-0.39, 0.29) is 18.0 Å². The summed E-state index contributed by atoms with van der Waals surface area (Å²) >= 11 is 5.92. The Balaban J connectivity index is 2.86. The highest BCUT2D eigenvalue weighted by molar-refractivity contribution is 6.30. The fraction of sp³-hybridized carbons (Fsp3) is 0.273. The zero-order valence-electron chi connectivity index (χ0n) is 9.81. The quantitative estimate of drug-likeness (QED) is 0.551. The SMILES string of the molecule is CC(c1cccc(Cl)c1)N(C)C(=N)N=C(N)N. The molecule has 1 unspecified atom stereocenters.